The van der Waals surface area contributed by atoms with Crippen molar-refractivity contribution in [3.8, 4) is 0 Å². The summed E-state index contributed by atoms with van der Waals surface area (Å²) in [6.45, 7) is 0.181. The second-order valence-electron chi connectivity index (χ2n) is 6.42. The van der Waals surface area contributed by atoms with Crippen LogP contribution in [0.25, 0.3) is 0 Å². The first-order valence-electron chi connectivity index (χ1n) is 8.38. The van der Waals surface area contributed by atoms with Gasteiger partial charge in [-0.1, -0.05) is 12.1 Å². The summed E-state index contributed by atoms with van der Waals surface area (Å²) in [5, 5.41) is -0.649. The molecule has 2 heterocycles. The fourth-order valence-electron chi connectivity index (χ4n) is 3.22. The van der Waals surface area contributed by atoms with E-state index in [-0.39, 0.29) is 31.7 Å². The molecule has 1 aromatic carbocycles. The molecule has 0 spiro atoms. The number of likely N-dealkylation sites (tertiary alicyclic amines) is 1. The molecule has 0 saturated carbocycles. The first-order valence-corrected chi connectivity index (χ1v) is 10.1. The number of amides is 1. The molecular weight excluding hydrogens is 383 g/mol. The van der Waals surface area contributed by atoms with Crippen LogP contribution in [0.1, 0.15) is 34.5 Å². The molecule has 1 aromatic heterocycles. The van der Waals surface area contributed by atoms with Gasteiger partial charge in [-0.05, 0) is 37.1 Å². The molecule has 0 atom stereocenters. The van der Waals surface area contributed by atoms with Crippen LogP contribution < -0.4 is 0 Å². The number of carbonyl (C=O) groups is 1. The molecule has 1 saturated heterocycles. The third-order valence-corrected chi connectivity index (χ3v) is 6.80. The van der Waals surface area contributed by atoms with Gasteiger partial charge in [-0.2, -0.15) is 13.2 Å². The van der Waals surface area contributed by atoms with Gasteiger partial charge in [0, 0.05) is 13.1 Å². The standard InChI is InChI=1S/C18H18F3NO4S/c19-18(20,21)16-6-2-1-5-15(16)17(23)22-9-7-14(8-10-22)27(24,25)12-13-4-3-11-26-13/h1-6,11,14H,7-10,12H2. The molecule has 0 N–H and O–H groups in total. The molecule has 9 heteroatoms. The van der Waals surface area contributed by atoms with Crippen molar-refractivity contribution in [2.75, 3.05) is 13.1 Å². The topological polar surface area (TPSA) is 67.6 Å². The summed E-state index contributed by atoms with van der Waals surface area (Å²) in [5.74, 6) is -0.618. The average molecular weight is 401 g/mol. The number of sulfone groups is 1. The average Bonchev–Trinajstić information content (AvgIpc) is 3.13. The highest BCUT2D eigenvalue weighted by Gasteiger charge is 2.37. The molecular formula is C18H18F3NO4S. The highest BCUT2D eigenvalue weighted by molar-refractivity contribution is 7.91. The van der Waals surface area contributed by atoms with E-state index in [0.29, 0.717) is 5.76 Å². The molecule has 0 bridgehead atoms. The van der Waals surface area contributed by atoms with Crippen LogP contribution >= 0.6 is 0 Å². The fraction of sp³-hybridized carbons (Fsp3) is 0.389. The van der Waals surface area contributed by atoms with Gasteiger partial charge in [0.15, 0.2) is 9.84 Å². The summed E-state index contributed by atoms with van der Waals surface area (Å²) < 4.78 is 69.4. The lowest BCUT2D eigenvalue weighted by molar-refractivity contribution is -0.138. The largest absolute Gasteiger partial charge is 0.468 e. The Morgan fingerprint density at radius 1 is 1.11 bits per heavy atom. The molecule has 5 nitrogen and oxygen atoms in total. The SMILES string of the molecule is O=C(c1ccccc1C(F)(F)F)N1CCC(S(=O)(=O)Cc2ccco2)CC1. The maximum absolute atomic E-state index is 13.1. The summed E-state index contributed by atoms with van der Waals surface area (Å²) >= 11 is 0. The first-order chi connectivity index (χ1) is 12.7. The number of rotatable bonds is 4. The smallest absolute Gasteiger partial charge is 0.417 e. The summed E-state index contributed by atoms with van der Waals surface area (Å²) in [6, 6.07) is 7.79. The maximum Gasteiger partial charge on any atom is 0.417 e. The molecule has 146 valence electrons. The number of nitrogens with zero attached hydrogens (tertiary/aromatic N) is 1. The summed E-state index contributed by atoms with van der Waals surface area (Å²) in [5.41, 5.74) is -1.40. The zero-order chi connectivity index (χ0) is 19.7. The molecule has 3 rings (SSSR count). The molecule has 1 amide bonds. The number of carbonyl (C=O) groups excluding carboxylic acids is 1. The second kappa shape index (κ2) is 7.38. The zero-order valence-corrected chi connectivity index (χ0v) is 15.1. The van der Waals surface area contributed by atoms with E-state index in [1.807, 2.05) is 0 Å². The Hall–Kier alpha value is -2.29. The summed E-state index contributed by atoms with van der Waals surface area (Å²) in [7, 11) is -3.46. The Bertz CT molecular complexity index is 899. The predicted molar refractivity (Wildman–Crippen MR) is 91.7 cm³/mol. The molecule has 1 aliphatic heterocycles. The van der Waals surface area contributed by atoms with Crippen molar-refractivity contribution in [1.82, 2.24) is 4.90 Å². The van der Waals surface area contributed by atoms with Crippen LogP contribution in [0.5, 0.6) is 0 Å². The van der Waals surface area contributed by atoms with Crippen LogP contribution in [0.4, 0.5) is 13.2 Å². The van der Waals surface area contributed by atoms with Crippen LogP contribution in [-0.4, -0.2) is 37.6 Å². The summed E-state index contributed by atoms with van der Waals surface area (Å²) in [4.78, 5) is 13.8. The van der Waals surface area contributed by atoms with E-state index in [9.17, 15) is 26.4 Å². The minimum Gasteiger partial charge on any atom is -0.468 e. The molecule has 27 heavy (non-hydrogen) atoms. The molecule has 0 radical (unpaired) electrons. The van der Waals surface area contributed by atoms with Crippen LogP contribution in [0, 0.1) is 0 Å². The molecule has 0 aliphatic carbocycles. The van der Waals surface area contributed by atoms with E-state index in [1.54, 1.807) is 12.1 Å². The summed E-state index contributed by atoms with van der Waals surface area (Å²) in [6.07, 6.45) is -2.87. The Morgan fingerprint density at radius 2 is 1.78 bits per heavy atom. The van der Waals surface area contributed by atoms with Crippen molar-refractivity contribution in [2.45, 2.75) is 30.0 Å². The lowest BCUT2D eigenvalue weighted by atomic mass is 10.0. The van der Waals surface area contributed by atoms with E-state index < -0.39 is 38.3 Å². The fourth-order valence-corrected chi connectivity index (χ4v) is 4.94. The van der Waals surface area contributed by atoms with Crippen molar-refractivity contribution >= 4 is 15.7 Å². The number of benzene rings is 1. The minimum atomic E-state index is -4.63. The maximum atomic E-state index is 13.1. The molecule has 1 aliphatic rings. The number of hydrogen-bond donors (Lipinski definition) is 0. The molecule has 1 fully saturated rings. The van der Waals surface area contributed by atoms with Crippen molar-refractivity contribution < 1.29 is 30.8 Å². The van der Waals surface area contributed by atoms with Gasteiger partial charge in [0.25, 0.3) is 5.91 Å². The predicted octanol–water partition coefficient (Wildman–Crippen LogP) is 3.52. The second-order valence-corrected chi connectivity index (χ2v) is 8.70. The van der Waals surface area contributed by atoms with Crippen molar-refractivity contribution in [2.24, 2.45) is 0 Å². The highest BCUT2D eigenvalue weighted by Crippen LogP contribution is 2.33. The van der Waals surface area contributed by atoms with E-state index in [1.165, 1.54) is 23.3 Å². The van der Waals surface area contributed by atoms with Crippen molar-refractivity contribution in [3.05, 3.63) is 59.5 Å². The number of piperidine rings is 1. The van der Waals surface area contributed by atoms with Crippen LogP contribution in [-0.2, 0) is 21.8 Å². The molecule has 2 aromatic rings. The lowest BCUT2D eigenvalue weighted by Gasteiger charge is -2.32. The highest BCUT2D eigenvalue weighted by atomic mass is 32.2. The van der Waals surface area contributed by atoms with Crippen molar-refractivity contribution in [3.63, 3.8) is 0 Å². The van der Waals surface area contributed by atoms with Crippen LogP contribution in [0.2, 0.25) is 0 Å². The Balaban J connectivity index is 1.68. The quantitative estimate of drug-likeness (QED) is 0.786. The Kier molecular flexibility index (Phi) is 5.32. The van der Waals surface area contributed by atoms with Gasteiger partial charge >= 0.3 is 6.18 Å². The van der Waals surface area contributed by atoms with Gasteiger partial charge in [-0.25, -0.2) is 8.42 Å². The third-order valence-electron chi connectivity index (χ3n) is 4.62. The van der Waals surface area contributed by atoms with E-state index in [0.717, 1.165) is 12.1 Å². The van der Waals surface area contributed by atoms with Gasteiger partial charge in [-0.15, -0.1) is 0 Å². The number of furan rings is 1. The minimum absolute atomic E-state index is 0.0904. The first kappa shape index (κ1) is 19.5. The van der Waals surface area contributed by atoms with Gasteiger partial charge in [0.1, 0.15) is 11.5 Å². The number of hydrogen-bond acceptors (Lipinski definition) is 4. The van der Waals surface area contributed by atoms with Gasteiger partial charge < -0.3 is 9.32 Å². The van der Waals surface area contributed by atoms with Gasteiger partial charge in [0.2, 0.25) is 0 Å². The number of halogens is 3. The van der Waals surface area contributed by atoms with Gasteiger partial charge in [0.05, 0.1) is 22.6 Å². The van der Waals surface area contributed by atoms with E-state index in [2.05, 4.69) is 0 Å². The lowest BCUT2D eigenvalue weighted by Crippen LogP contribution is -2.43. The van der Waals surface area contributed by atoms with E-state index >= 15 is 0 Å². The Labute approximate surface area is 154 Å². The normalized spacial score (nSPS) is 16.5. The Morgan fingerprint density at radius 3 is 2.37 bits per heavy atom. The van der Waals surface area contributed by atoms with E-state index in [4.69, 9.17) is 4.42 Å². The zero-order valence-electron chi connectivity index (χ0n) is 14.3. The van der Waals surface area contributed by atoms with Crippen LogP contribution in [0.3, 0.4) is 0 Å². The monoisotopic (exact) mass is 401 g/mol. The van der Waals surface area contributed by atoms with Crippen molar-refractivity contribution in [1.29, 1.82) is 0 Å². The molecule has 0 unspecified atom stereocenters. The van der Waals surface area contributed by atoms with Crippen LogP contribution in [0.15, 0.2) is 47.1 Å². The number of alkyl halides is 3. The van der Waals surface area contributed by atoms with Gasteiger partial charge in [-0.3, -0.25) is 4.79 Å². The third kappa shape index (κ3) is 4.35.